The number of ether oxygens (including phenoxy) is 4. The molecule has 16 nitrogen and oxygen atoms in total. The largest absolute Gasteiger partial charge is 0.508 e. The lowest BCUT2D eigenvalue weighted by molar-refractivity contribution is 0.337. The molecule has 5 aromatic carbocycles. The van der Waals surface area contributed by atoms with Crippen LogP contribution in [0.2, 0.25) is 0 Å². The lowest BCUT2D eigenvalue weighted by Gasteiger charge is -2.17. The van der Waals surface area contributed by atoms with Gasteiger partial charge in [0.05, 0.1) is 0 Å². The van der Waals surface area contributed by atoms with Gasteiger partial charge in [0.1, 0.15) is 28.7 Å². The second kappa shape index (κ2) is 11.5. The Balaban J connectivity index is 1.43. The maximum Gasteiger partial charge on any atom is 0.211 e. The van der Waals surface area contributed by atoms with Crippen molar-refractivity contribution in [1.29, 1.82) is 0 Å². The van der Waals surface area contributed by atoms with Crippen molar-refractivity contribution >= 4 is 0 Å². The summed E-state index contributed by atoms with van der Waals surface area (Å²) in [4.78, 5) is 0. The molecule has 12 N–H and O–H groups in total. The van der Waals surface area contributed by atoms with Gasteiger partial charge in [-0.3, -0.25) is 0 Å². The molecule has 16 heteroatoms. The molecule has 0 fully saturated rings. The Morgan fingerprint density at radius 2 is 0.565 bits per heavy atom. The Kier molecular flexibility index (Phi) is 7.61. The maximum absolute atomic E-state index is 10.6. The highest BCUT2D eigenvalue weighted by atomic mass is 16.5. The summed E-state index contributed by atoms with van der Waals surface area (Å²) >= 11 is 0. The first-order valence-electron chi connectivity index (χ1n) is 12.6. The minimum Gasteiger partial charge on any atom is -0.508 e. The van der Waals surface area contributed by atoms with Gasteiger partial charge >= 0.3 is 0 Å². The van der Waals surface area contributed by atoms with Gasteiger partial charge in [0, 0.05) is 60.7 Å². The first-order chi connectivity index (χ1) is 21.7. The molecular formula is C30H22O16. The van der Waals surface area contributed by atoms with Gasteiger partial charge in [0.25, 0.3) is 0 Å². The molecule has 5 aromatic rings. The monoisotopic (exact) mass is 638 g/mol. The zero-order valence-electron chi connectivity index (χ0n) is 22.8. The summed E-state index contributed by atoms with van der Waals surface area (Å²) in [6, 6.07) is 8.94. The van der Waals surface area contributed by atoms with Crippen LogP contribution >= 0.6 is 0 Å². The molecule has 0 saturated carbocycles. The predicted octanol–water partition coefficient (Wildman–Crippen LogP) is 5.32. The fraction of sp³-hybridized carbons (Fsp3) is 0. The molecule has 0 bridgehead atoms. The minimum absolute atomic E-state index is 0.286. The molecule has 5 rings (SSSR count). The van der Waals surface area contributed by atoms with Crippen molar-refractivity contribution in [3.63, 3.8) is 0 Å². The van der Waals surface area contributed by atoms with Crippen molar-refractivity contribution in [2.45, 2.75) is 0 Å². The molecule has 0 atom stereocenters. The summed E-state index contributed by atoms with van der Waals surface area (Å²) in [6.45, 7) is 0. The predicted molar refractivity (Wildman–Crippen MR) is 152 cm³/mol. The van der Waals surface area contributed by atoms with Crippen LogP contribution in [0.25, 0.3) is 0 Å². The molecule has 0 heterocycles. The molecule has 238 valence electrons. The number of aromatic hydroxyl groups is 12. The van der Waals surface area contributed by atoms with Crippen molar-refractivity contribution in [2.24, 2.45) is 0 Å². The maximum atomic E-state index is 10.6. The SMILES string of the molecule is Oc1cc(O)c(Oc2cc(O)c(Oc3cc(O)cc(O)c3Oc3cc(O)c(Oc4cc(O)c(O)c(O)c4)c(O)c3)c(O)c2)c(O)c1. The van der Waals surface area contributed by atoms with Crippen molar-refractivity contribution in [1.82, 2.24) is 0 Å². The minimum atomic E-state index is -0.822. The van der Waals surface area contributed by atoms with Crippen LogP contribution < -0.4 is 18.9 Å². The average molecular weight is 638 g/mol. The number of phenolic OH excluding ortho intramolecular Hbond substituents is 12. The van der Waals surface area contributed by atoms with Crippen molar-refractivity contribution in [2.75, 3.05) is 0 Å². The van der Waals surface area contributed by atoms with Crippen LogP contribution in [-0.2, 0) is 0 Å². The highest BCUT2D eigenvalue weighted by Crippen LogP contribution is 2.52. The summed E-state index contributed by atoms with van der Waals surface area (Å²) in [5.74, 6) is -12.1. The summed E-state index contributed by atoms with van der Waals surface area (Å²) < 4.78 is 21.7. The molecule has 0 aliphatic carbocycles. The molecule has 0 unspecified atom stereocenters. The first kappa shape index (κ1) is 30.4. The number of benzene rings is 5. The van der Waals surface area contributed by atoms with Crippen LogP contribution in [0.5, 0.6) is 115 Å². The molecule has 0 aromatic heterocycles. The number of rotatable bonds is 8. The average Bonchev–Trinajstić information content (AvgIpc) is 2.95. The summed E-state index contributed by atoms with van der Waals surface area (Å²) in [6.07, 6.45) is 0. The van der Waals surface area contributed by atoms with Crippen LogP contribution in [0, 0.1) is 0 Å². The molecule has 46 heavy (non-hydrogen) atoms. The van der Waals surface area contributed by atoms with Crippen molar-refractivity contribution < 1.29 is 80.2 Å². The van der Waals surface area contributed by atoms with E-state index in [1.807, 2.05) is 0 Å². The van der Waals surface area contributed by atoms with E-state index in [1.54, 1.807) is 0 Å². The van der Waals surface area contributed by atoms with Gasteiger partial charge in [-0.15, -0.1) is 0 Å². The smallest absolute Gasteiger partial charge is 0.211 e. The van der Waals surface area contributed by atoms with E-state index < -0.39 is 97.7 Å². The van der Waals surface area contributed by atoms with Crippen LogP contribution in [0.15, 0.2) is 60.7 Å². The van der Waals surface area contributed by atoms with Gasteiger partial charge in [-0.05, 0) is 0 Å². The molecule has 0 spiro atoms. The van der Waals surface area contributed by atoms with Crippen LogP contribution in [0.1, 0.15) is 0 Å². The Bertz CT molecular complexity index is 1900. The number of hydrogen-bond acceptors (Lipinski definition) is 16. The van der Waals surface area contributed by atoms with E-state index >= 15 is 0 Å². The highest BCUT2D eigenvalue weighted by Gasteiger charge is 2.23. The Morgan fingerprint density at radius 1 is 0.283 bits per heavy atom. The van der Waals surface area contributed by atoms with E-state index in [4.69, 9.17) is 18.9 Å². The van der Waals surface area contributed by atoms with E-state index in [9.17, 15) is 61.3 Å². The van der Waals surface area contributed by atoms with Crippen molar-refractivity contribution in [3.8, 4) is 115 Å². The number of hydrogen-bond donors (Lipinski definition) is 12. The molecule has 0 aliphatic heterocycles. The summed E-state index contributed by atoms with van der Waals surface area (Å²) in [7, 11) is 0. The second-order valence-electron chi connectivity index (χ2n) is 9.40. The second-order valence-corrected chi connectivity index (χ2v) is 9.40. The Labute approximate surface area is 256 Å². The van der Waals surface area contributed by atoms with E-state index in [0.29, 0.717) is 0 Å². The third-order valence-corrected chi connectivity index (χ3v) is 6.02. The third kappa shape index (κ3) is 6.02. The lowest BCUT2D eigenvalue weighted by Crippen LogP contribution is -1.94. The van der Waals surface area contributed by atoms with Crippen LogP contribution in [0.4, 0.5) is 0 Å². The molecule has 0 aliphatic rings. The molecule has 0 saturated heterocycles. The zero-order valence-corrected chi connectivity index (χ0v) is 22.8. The Hall–Kier alpha value is -7.10. The normalized spacial score (nSPS) is 10.8. The van der Waals surface area contributed by atoms with E-state index in [-0.39, 0.29) is 17.2 Å². The van der Waals surface area contributed by atoms with Gasteiger partial charge in [0.2, 0.25) is 28.7 Å². The quantitative estimate of drug-likeness (QED) is 0.0957. The zero-order chi connectivity index (χ0) is 33.4. The fourth-order valence-electron chi connectivity index (χ4n) is 4.02. The van der Waals surface area contributed by atoms with Gasteiger partial charge < -0.3 is 80.2 Å². The standard InChI is InChI=1S/C30H22O16/c31-11-1-18(35)27(19(36)2-11)44-14-7-23(40)29(24(41)8-14)46-25-4-12(32)3-20(37)30(25)45-15-9-21(38)28(22(39)10-15)43-13-5-16(33)26(42)17(34)6-13/h1-10,31-42H. The number of phenols is 12. The fourth-order valence-corrected chi connectivity index (χ4v) is 4.02. The van der Waals surface area contributed by atoms with E-state index in [0.717, 1.165) is 60.7 Å². The van der Waals surface area contributed by atoms with E-state index in [2.05, 4.69) is 0 Å². The summed E-state index contributed by atoms with van der Waals surface area (Å²) in [5, 5.41) is 121. The van der Waals surface area contributed by atoms with Crippen molar-refractivity contribution in [3.05, 3.63) is 60.7 Å². The Morgan fingerprint density at radius 3 is 0.978 bits per heavy atom. The van der Waals surface area contributed by atoms with Gasteiger partial charge in [-0.1, -0.05) is 0 Å². The summed E-state index contributed by atoms with van der Waals surface area (Å²) in [5.41, 5.74) is 0. The molecule has 0 amide bonds. The topological polar surface area (TPSA) is 280 Å². The van der Waals surface area contributed by atoms with Gasteiger partial charge in [-0.2, -0.15) is 0 Å². The van der Waals surface area contributed by atoms with Gasteiger partial charge in [0.15, 0.2) is 57.5 Å². The highest BCUT2D eigenvalue weighted by molar-refractivity contribution is 5.64. The molecular weight excluding hydrogens is 616 g/mol. The first-order valence-corrected chi connectivity index (χ1v) is 12.6. The van der Waals surface area contributed by atoms with Crippen LogP contribution in [0.3, 0.4) is 0 Å². The molecule has 0 radical (unpaired) electrons. The van der Waals surface area contributed by atoms with Crippen LogP contribution in [-0.4, -0.2) is 61.3 Å². The van der Waals surface area contributed by atoms with Gasteiger partial charge in [-0.25, -0.2) is 0 Å². The van der Waals surface area contributed by atoms with E-state index in [1.165, 1.54) is 0 Å². The third-order valence-electron chi connectivity index (χ3n) is 6.02. The lowest BCUT2D eigenvalue weighted by atomic mass is 10.2.